The van der Waals surface area contributed by atoms with E-state index in [4.69, 9.17) is 0 Å². The van der Waals surface area contributed by atoms with Crippen molar-refractivity contribution in [2.75, 3.05) is 11.5 Å². The fourth-order valence-corrected chi connectivity index (χ4v) is 5.54. The molecular formula is C16H22S2. The van der Waals surface area contributed by atoms with Crippen molar-refractivity contribution in [3.8, 4) is 0 Å². The first-order valence-corrected chi connectivity index (χ1v) is 9.44. The number of fused-ring (bicyclic) bond motifs is 4. The Bertz CT molecular complexity index is 357. The number of benzene rings is 1. The molecule has 1 aliphatic heterocycles. The molecule has 0 N–H and O–H groups in total. The van der Waals surface area contributed by atoms with Crippen LogP contribution in [0.2, 0.25) is 0 Å². The monoisotopic (exact) mass is 278 g/mol. The van der Waals surface area contributed by atoms with Crippen molar-refractivity contribution in [2.45, 2.75) is 37.2 Å². The Morgan fingerprint density at radius 2 is 1.50 bits per heavy atom. The summed E-state index contributed by atoms with van der Waals surface area (Å²) in [6.45, 7) is 0. The quantitative estimate of drug-likeness (QED) is 0.657. The smallest absolute Gasteiger partial charge is 0.0184 e. The van der Waals surface area contributed by atoms with E-state index >= 15 is 0 Å². The van der Waals surface area contributed by atoms with Gasteiger partial charge in [0.2, 0.25) is 0 Å². The lowest BCUT2D eigenvalue weighted by molar-refractivity contribution is 0.309. The van der Waals surface area contributed by atoms with Gasteiger partial charge in [-0.15, -0.1) is 0 Å². The summed E-state index contributed by atoms with van der Waals surface area (Å²) in [5.41, 5.74) is 3.04. The summed E-state index contributed by atoms with van der Waals surface area (Å²) in [6, 6.07) is 9.23. The molecule has 0 spiro atoms. The predicted molar refractivity (Wildman–Crippen MR) is 84.2 cm³/mol. The minimum atomic E-state index is 0.997. The Labute approximate surface area is 119 Å². The van der Waals surface area contributed by atoms with E-state index in [-0.39, 0.29) is 0 Å². The molecule has 0 aromatic heterocycles. The van der Waals surface area contributed by atoms with Crippen LogP contribution < -0.4 is 0 Å². The predicted octanol–water partition coefficient (Wildman–Crippen LogP) is 4.97. The van der Waals surface area contributed by atoms with Gasteiger partial charge in [-0.25, -0.2) is 0 Å². The van der Waals surface area contributed by atoms with Crippen LogP contribution >= 0.6 is 23.5 Å². The van der Waals surface area contributed by atoms with Gasteiger partial charge in [0.15, 0.2) is 0 Å². The highest BCUT2D eigenvalue weighted by molar-refractivity contribution is 7.98. The van der Waals surface area contributed by atoms with E-state index in [9.17, 15) is 0 Å². The Hall–Kier alpha value is -0.0800. The van der Waals surface area contributed by atoms with Crippen LogP contribution in [0.15, 0.2) is 24.3 Å². The van der Waals surface area contributed by atoms with Gasteiger partial charge in [-0.05, 0) is 53.7 Å². The normalized spacial score (nSPS) is 29.1. The molecule has 3 rings (SSSR count). The average molecular weight is 278 g/mol. The lowest BCUT2D eigenvalue weighted by Gasteiger charge is -2.29. The molecule has 18 heavy (non-hydrogen) atoms. The third-order valence-corrected chi connectivity index (χ3v) is 6.62. The van der Waals surface area contributed by atoms with Gasteiger partial charge < -0.3 is 0 Å². The maximum Gasteiger partial charge on any atom is 0.0184 e. The maximum atomic E-state index is 2.41. The summed E-state index contributed by atoms with van der Waals surface area (Å²) in [5, 5.41) is 0. The van der Waals surface area contributed by atoms with Gasteiger partial charge >= 0.3 is 0 Å². The molecule has 1 aromatic carbocycles. The summed E-state index contributed by atoms with van der Waals surface area (Å²) >= 11 is 4.30. The average Bonchev–Trinajstić information content (AvgIpc) is 2.39. The fraction of sp³-hybridized carbons (Fsp3) is 0.625. The van der Waals surface area contributed by atoms with Gasteiger partial charge in [0.25, 0.3) is 0 Å². The van der Waals surface area contributed by atoms with Gasteiger partial charge in [0, 0.05) is 11.5 Å². The topological polar surface area (TPSA) is 0 Å². The molecule has 1 aromatic rings. The molecule has 0 unspecified atom stereocenters. The molecule has 1 aliphatic carbocycles. The zero-order valence-corrected chi connectivity index (χ0v) is 12.6. The van der Waals surface area contributed by atoms with Crippen LogP contribution in [-0.4, -0.2) is 11.5 Å². The van der Waals surface area contributed by atoms with E-state index in [1.54, 1.807) is 0 Å². The van der Waals surface area contributed by atoms with Crippen LogP contribution in [-0.2, 0) is 11.5 Å². The number of hydrogen-bond donors (Lipinski definition) is 0. The highest BCUT2D eigenvalue weighted by Gasteiger charge is 2.22. The van der Waals surface area contributed by atoms with E-state index in [0.717, 1.165) is 11.8 Å². The summed E-state index contributed by atoms with van der Waals surface area (Å²) in [5.74, 6) is 7.17. The third-order valence-electron chi connectivity index (χ3n) is 4.13. The standard InChI is InChI=1S/C16H22S2/c1-3-13-7-14(4-1)10-18-12-16-6-2-5-15(8-16)11-17-9-13/h1,3-4,7,15-16H,2,5-6,8-12H2/t15-,16-/m1/s1. The lowest BCUT2D eigenvalue weighted by Crippen LogP contribution is -2.19. The SMILES string of the molecule is c1cc2cc(c1)CSC[C@@H]1CCC[C@@H](CSC2)C1. The van der Waals surface area contributed by atoms with Crippen LogP contribution in [0.4, 0.5) is 0 Å². The molecule has 1 heterocycles. The Morgan fingerprint density at radius 1 is 0.889 bits per heavy atom. The van der Waals surface area contributed by atoms with Crippen LogP contribution in [0.3, 0.4) is 0 Å². The summed E-state index contributed by atoms with van der Waals surface area (Å²) in [4.78, 5) is 0. The zero-order valence-electron chi connectivity index (χ0n) is 10.9. The molecule has 0 radical (unpaired) electrons. The summed E-state index contributed by atoms with van der Waals surface area (Å²) < 4.78 is 0. The van der Waals surface area contributed by atoms with E-state index in [2.05, 4.69) is 47.8 Å². The third kappa shape index (κ3) is 3.48. The summed E-state index contributed by atoms with van der Waals surface area (Å²) in [7, 11) is 0. The first-order chi connectivity index (χ1) is 8.90. The van der Waals surface area contributed by atoms with Gasteiger partial charge in [0.1, 0.15) is 0 Å². The van der Waals surface area contributed by atoms with E-state index in [1.165, 1.54) is 59.8 Å². The minimum Gasteiger partial charge on any atom is -0.157 e. The van der Waals surface area contributed by atoms with Gasteiger partial charge in [-0.1, -0.05) is 30.7 Å². The second-order valence-corrected chi connectivity index (χ2v) is 7.81. The molecule has 2 aliphatic rings. The molecular weight excluding hydrogens is 256 g/mol. The molecule has 2 heteroatoms. The zero-order chi connectivity index (χ0) is 12.2. The molecule has 98 valence electrons. The maximum absolute atomic E-state index is 2.41. The number of rotatable bonds is 0. The first kappa shape index (κ1) is 12.9. The van der Waals surface area contributed by atoms with Gasteiger partial charge in [-0.3, -0.25) is 0 Å². The van der Waals surface area contributed by atoms with Crippen molar-refractivity contribution in [1.29, 1.82) is 0 Å². The van der Waals surface area contributed by atoms with E-state index in [0.29, 0.717) is 0 Å². The molecule has 1 fully saturated rings. The van der Waals surface area contributed by atoms with Crippen LogP contribution in [0.1, 0.15) is 36.8 Å². The Balaban J connectivity index is 1.71. The number of thioether (sulfide) groups is 2. The molecule has 1 saturated carbocycles. The van der Waals surface area contributed by atoms with E-state index in [1.807, 2.05) is 0 Å². The summed E-state index contributed by atoms with van der Waals surface area (Å²) in [6.07, 6.45) is 5.93. The lowest BCUT2D eigenvalue weighted by atomic mass is 9.83. The van der Waals surface area contributed by atoms with Crippen LogP contribution in [0.25, 0.3) is 0 Å². The Morgan fingerprint density at radius 3 is 2.11 bits per heavy atom. The van der Waals surface area contributed by atoms with Gasteiger partial charge in [-0.2, -0.15) is 23.5 Å². The molecule has 4 bridgehead atoms. The van der Waals surface area contributed by atoms with Gasteiger partial charge in [0.05, 0.1) is 0 Å². The molecule has 2 atom stereocenters. The van der Waals surface area contributed by atoms with Crippen LogP contribution in [0.5, 0.6) is 0 Å². The van der Waals surface area contributed by atoms with Crippen molar-refractivity contribution < 1.29 is 0 Å². The molecule has 0 saturated heterocycles. The highest BCUT2D eigenvalue weighted by Crippen LogP contribution is 2.35. The first-order valence-electron chi connectivity index (χ1n) is 7.13. The van der Waals surface area contributed by atoms with Crippen molar-refractivity contribution in [3.05, 3.63) is 35.4 Å². The van der Waals surface area contributed by atoms with E-state index < -0.39 is 0 Å². The van der Waals surface area contributed by atoms with Crippen molar-refractivity contribution in [2.24, 2.45) is 11.8 Å². The van der Waals surface area contributed by atoms with Crippen LogP contribution in [0, 0.1) is 11.8 Å². The largest absolute Gasteiger partial charge is 0.157 e. The molecule has 0 amide bonds. The molecule has 0 nitrogen and oxygen atoms in total. The van der Waals surface area contributed by atoms with Crippen molar-refractivity contribution >= 4 is 23.5 Å². The van der Waals surface area contributed by atoms with Crippen molar-refractivity contribution in [3.63, 3.8) is 0 Å². The highest BCUT2D eigenvalue weighted by atomic mass is 32.2. The second kappa shape index (κ2) is 6.38. The fourth-order valence-electron chi connectivity index (χ4n) is 3.20. The Kier molecular flexibility index (Phi) is 4.58. The number of hydrogen-bond acceptors (Lipinski definition) is 2. The minimum absolute atomic E-state index is 0.997. The van der Waals surface area contributed by atoms with Crippen molar-refractivity contribution in [1.82, 2.24) is 0 Å². The second-order valence-electron chi connectivity index (χ2n) is 5.75.